The van der Waals surface area contributed by atoms with Crippen LogP contribution in [0.5, 0.6) is 0 Å². The summed E-state index contributed by atoms with van der Waals surface area (Å²) < 4.78 is 5.18. The first-order valence-corrected chi connectivity index (χ1v) is 8.27. The average molecular weight is 315 g/mol. The van der Waals surface area contributed by atoms with Crippen LogP contribution in [-0.2, 0) is 11.3 Å². The van der Waals surface area contributed by atoms with E-state index >= 15 is 0 Å². The zero-order valence-electron chi connectivity index (χ0n) is 13.7. The van der Waals surface area contributed by atoms with Crippen molar-refractivity contribution in [3.05, 3.63) is 35.9 Å². The number of nitrogens with one attached hydrogen (secondary N) is 1. The number of likely N-dealkylation sites (tertiary alicyclic amines) is 1. The molecule has 5 nitrogen and oxygen atoms in total. The molecule has 1 unspecified atom stereocenters. The number of hydrogen-bond donors (Lipinski definition) is 2. The van der Waals surface area contributed by atoms with Crippen molar-refractivity contribution in [2.75, 3.05) is 38.7 Å². The first-order chi connectivity index (χ1) is 11.3. The number of ether oxygens (including phenoxy) is 1. The topological polar surface area (TPSA) is 57.6 Å². The number of aromatic nitrogens is 1. The molecule has 2 N–H and O–H groups in total. The van der Waals surface area contributed by atoms with E-state index in [1.807, 2.05) is 30.3 Å². The molecule has 23 heavy (non-hydrogen) atoms. The van der Waals surface area contributed by atoms with Gasteiger partial charge < -0.3 is 15.2 Å². The van der Waals surface area contributed by atoms with Gasteiger partial charge in [-0.05, 0) is 31.5 Å². The summed E-state index contributed by atoms with van der Waals surface area (Å²) in [6.07, 6.45) is 2.30. The summed E-state index contributed by atoms with van der Waals surface area (Å²) in [4.78, 5) is 7.13. The Morgan fingerprint density at radius 2 is 2.26 bits per heavy atom. The monoisotopic (exact) mass is 315 g/mol. The van der Waals surface area contributed by atoms with Gasteiger partial charge in [-0.25, -0.2) is 4.98 Å². The SMILES string of the molecule is COCCN1CCCC(Nc2nc3ccccc3cc2CO)C1. The van der Waals surface area contributed by atoms with Crippen LogP contribution in [0.2, 0.25) is 0 Å². The Labute approximate surface area is 137 Å². The number of aliphatic hydroxyl groups excluding tert-OH is 1. The predicted octanol–water partition coefficient (Wildman–Crippen LogP) is 2.25. The summed E-state index contributed by atoms with van der Waals surface area (Å²) in [5.41, 5.74) is 1.82. The number of hydrogen-bond acceptors (Lipinski definition) is 5. The number of benzene rings is 1. The molecule has 1 aromatic carbocycles. The Hall–Kier alpha value is -1.69. The second-order valence-corrected chi connectivity index (χ2v) is 6.12. The number of rotatable bonds is 6. The van der Waals surface area contributed by atoms with Crippen molar-refractivity contribution < 1.29 is 9.84 Å². The van der Waals surface area contributed by atoms with Gasteiger partial charge in [0.1, 0.15) is 5.82 Å². The number of anilines is 1. The van der Waals surface area contributed by atoms with E-state index < -0.39 is 0 Å². The molecule has 1 aromatic heterocycles. The molecule has 1 fully saturated rings. The molecule has 0 saturated carbocycles. The van der Waals surface area contributed by atoms with E-state index in [1.165, 1.54) is 6.42 Å². The quantitative estimate of drug-likeness (QED) is 0.856. The number of pyridine rings is 1. The molecule has 1 atom stereocenters. The van der Waals surface area contributed by atoms with Gasteiger partial charge in [0.25, 0.3) is 0 Å². The van der Waals surface area contributed by atoms with Crippen LogP contribution in [0, 0.1) is 0 Å². The molecule has 1 aliphatic heterocycles. The second-order valence-electron chi connectivity index (χ2n) is 6.12. The van der Waals surface area contributed by atoms with E-state index in [1.54, 1.807) is 7.11 Å². The van der Waals surface area contributed by atoms with E-state index in [-0.39, 0.29) is 6.61 Å². The molecule has 3 rings (SSSR count). The van der Waals surface area contributed by atoms with Gasteiger partial charge in [0.2, 0.25) is 0 Å². The maximum atomic E-state index is 9.67. The average Bonchev–Trinajstić information content (AvgIpc) is 2.59. The minimum atomic E-state index is 0.000274. The highest BCUT2D eigenvalue weighted by atomic mass is 16.5. The number of para-hydroxylation sites is 1. The third kappa shape index (κ3) is 3.99. The fourth-order valence-corrected chi connectivity index (χ4v) is 3.20. The molecule has 0 bridgehead atoms. The molecular weight excluding hydrogens is 290 g/mol. The van der Waals surface area contributed by atoms with Crippen LogP contribution >= 0.6 is 0 Å². The molecule has 1 saturated heterocycles. The number of fused-ring (bicyclic) bond motifs is 1. The summed E-state index contributed by atoms with van der Waals surface area (Å²) in [6, 6.07) is 10.4. The Kier molecular flexibility index (Phi) is 5.43. The second kappa shape index (κ2) is 7.73. The molecule has 0 aliphatic carbocycles. The predicted molar refractivity (Wildman–Crippen MR) is 92.6 cm³/mol. The molecule has 1 aliphatic rings. The van der Waals surface area contributed by atoms with Crippen molar-refractivity contribution in [1.29, 1.82) is 0 Å². The minimum Gasteiger partial charge on any atom is -0.392 e. The van der Waals surface area contributed by atoms with Gasteiger partial charge in [0.15, 0.2) is 0 Å². The van der Waals surface area contributed by atoms with E-state index in [0.29, 0.717) is 6.04 Å². The van der Waals surface area contributed by atoms with E-state index in [9.17, 15) is 5.11 Å². The Morgan fingerprint density at radius 1 is 1.39 bits per heavy atom. The van der Waals surface area contributed by atoms with Crippen molar-refractivity contribution in [1.82, 2.24) is 9.88 Å². The molecule has 0 amide bonds. The highest BCUT2D eigenvalue weighted by Crippen LogP contribution is 2.23. The molecule has 5 heteroatoms. The smallest absolute Gasteiger partial charge is 0.132 e. The molecular formula is C18H25N3O2. The Balaban J connectivity index is 1.74. The van der Waals surface area contributed by atoms with Gasteiger partial charge in [0, 0.05) is 37.2 Å². The minimum absolute atomic E-state index is 0.000274. The van der Waals surface area contributed by atoms with E-state index in [2.05, 4.69) is 10.2 Å². The van der Waals surface area contributed by atoms with Gasteiger partial charge in [-0.1, -0.05) is 18.2 Å². The van der Waals surface area contributed by atoms with Crippen LogP contribution in [0.4, 0.5) is 5.82 Å². The fourth-order valence-electron chi connectivity index (χ4n) is 3.20. The summed E-state index contributed by atoms with van der Waals surface area (Å²) >= 11 is 0. The van der Waals surface area contributed by atoms with Crippen molar-refractivity contribution in [2.24, 2.45) is 0 Å². The van der Waals surface area contributed by atoms with Gasteiger partial charge in [-0.3, -0.25) is 4.90 Å². The van der Waals surface area contributed by atoms with Crippen LogP contribution in [0.1, 0.15) is 18.4 Å². The first kappa shape index (κ1) is 16.2. The maximum absolute atomic E-state index is 9.67. The lowest BCUT2D eigenvalue weighted by atomic mass is 10.0. The number of piperidine rings is 1. The van der Waals surface area contributed by atoms with Crippen molar-refractivity contribution in [3.8, 4) is 0 Å². The lowest BCUT2D eigenvalue weighted by Crippen LogP contribution is -2.43. The van der Waals surface area contributed by atoms with E-state index in [0.717, 1.165) is 54.9 Å². The first-order valence-electron chi connectivity index (χ1n) is 8.27. The van der Waals surface area contributed by atoms with Gasteiger partial charge >= 0.3 is 0 Å². The fraction of sp³-hybridized carbons (Fsp3) is 0.500. The van der Waals surface area contributed by atoms with Crippen LogP contribution in [0.3, 0.4) is 0 Å². The zero-order valence-corrected chi connectivity index (χ0v) is 13.7. The number of nitrogens with zero attached hydrogens (tertiary/aromatic N) is 2. The molecule has 2 heterocycles. The zero-order chi connectivity index (χ0) is 16.1. The normalized spacial score (nSPS) is 19.1. The largest absolute Gasteiger partial charge is 0.392 e. The molecule has 0 radical (unpaired) electrons. The summed E-state index contributed by atoms with van der Waals surface area (Å²) in [7, 11) is 1.74. The summed E-state index contributed by atoms with van der Waals surface area (Å²) in [5.74, 6) is 0.810. The third-order valence-electron chi connectivity index (χ3n) is 4.43. The van der Waals surface area contributed by atoms with Crippen molar-refractivity contribution in [2.45, 2.75) is 25.5 Å². The Bertz CT molecular complexity index is 647. The van der Waals surface area contributed by atoms with Gasteiger partial charge in [-0.2, -0.15) is 0 Å². The van der Waals surface area contributed by atoms with Gasteiger partial charge in [0.05, 0.1) is 18.7 Å². The van der Waals surface area contributed by atoms with Crippen LogP contribution in [0.25, 0.3) is 10.9 Å². The standard InChI is InChI=1S/C18H25N3O2/c1-23-10-9-21-8-4-6-16(12-21)19-18-15(13-22)11-14-5-2-3-7-17(14)20-18/h2-3,5,7,11,16,22H,4,6,8-10,12-13H2,1H3,(H,19,20). The molecule has 0 spiro atoms. The van der Waals surface area contributed by atoms with Crippen LogP contribution in [-0.4, -0.2) is 54.4 Å². The lowest BCUT2D eigenvalue weighted by molar-refractivity contribution is 0.131. The maximum Gasteiger partial charge on any atom is 0.132 e. The van der Waals surface area contributed by atoms with Gasteiger partial charge in [-0.15, -0.1) is 0 Å². The Morgan fingerprint density at radius 3 is 3.09 bits per heavy atom. The van der Waals surface area contributed by atoms with Crippen molar-refractivity contribution in [3.63, 3.8) is 0 Å². The number of methoxy groups -OCH3 is 1. The third-order valence-corrected chi connectivity index (χ3v) is 4.43. The molecule has 2 aromatic rings. The van der Waals surface area contributed by atoms with E-state index in [4.69, 9.17) is 9.72 Å². The number of aliphatic hydroxyl groups is 1. The van der Waals surface area contributed by atoms with Crippen LogP contribution < -0.4 is 5.32 Å². The lowest BCUT2D eigenvalue weighted by Gasteiger charge is -2.33. The van der Waals surface area contributed by atoms with Crippen LogP contribution in [0.15, 0.2) is 30.3 Å². The van der Waals surface area contributed by atoms with Crippen molar-refractivity contribution >= 4 is 16.7 Å². The summed E-state index contributed by atoms with van der Waals surface area (Å²) in [5, 5.41) is 14.3. The highest BCUT2D eigenvalue weighted by Gasteiger charge is 2.20. The molecule has 124 valence electrons. The highest BCUT2D eigenvalue weighted by molar-refractivity contribution is 5.81. The summed E-state index contributed by atoms with van der Waals surface area (Å²) in [6.45, 7) is 3.85.